The maximum Gasteiger partial charge on any atom is 0.409 e. The van der Waals surface area contributed by atoms with Crippen LogP contribution in [0.25, 0.3) is 11.4 Å². The normalized spacial score (nSPS) is 18.3. The number of carbonyl (C=O) groups is 4. The molecular formula is C36H52N6O7. The number of nitrogens with zero attached hydrogens (tertiary/aromatic N) is 4. The molecule has 49 heavy (non-hydrogen) atoms. The lowest BCUT2D eigenvalue weighted by atomic mass is 9.81. The number of rotatable bonds is 10. The Morgan fingerprint density at radius 1 is 0.959 bits per heavy atom. The van der Waals surface area contributed by atoms with Crippen molar-refractivity contribution in [1.29, 1.82) is 0 Å². The van der Waals surface area contributed by atoms with E-state index in [0.29, 0.717) is 11.4 Å². The quantitative estimate of drug-likeness (QED) is 0.347. The summed E-state index contributed by atoms with van der Waals surface area (Å²) in [4.78, 5) is 65.1. The second kappa shape index (κ2) is 15.5. The van der Waals surface area contributed by atoms with Crippen molar-refractivity contribution in [1.82, 2.24) is 30.4 Å². The molecule has 1 unspecified atom stereocenters. The zero-order valence-corrected chi connectivity index (χ0v) is 30.1. The van der Waals surface area contributed by atoms with Crippen LogP contribution in [-0.2, 0) is 19.1 Å². The lowest BCUT2D eigenvalue weighted by Gasteiger charge is -2.46. The van der Waals surface area contributed by atoms with E-state index in [1.807, 2.05) is 30.3 Å². The first-order valence-electron chi connectivity index (χ1n) is 17.1. The van der Waals surface area contributed by atoms with Crippen molar-refractivity contribution in [3.05, 3.63) is 42.1 Å². The van der Waals surface area contributed by atoms with E-state index in [-0.39, 0.29) is 80.3 Å². The Morgan fingerprint density at radius 3 is 2.16 bits per heavy atom. The minimum atomic E-state index is -1.06. The van der Waals surface area contributed by atoms with Gasteiger partial charge in [0, 0.05) is 68.1 Å². The van der Waals surface area contributed by atoms with Crippen LogP contribution < -0.4 is 15.4 Å². The Hall–Kier alpha value is -4.26. The highest BCUT2D eigenvalue weighted by Crippen LogP contribution is 2.31. The van der Waals surface area contributed by atoms with Crippen LogP contribution in [0.1, 0.15) is 91.6 Å². The summed E-state index contributed by atoms with van der Waals surface area (Å²) < 4.78 is 17.0. The van der Waals surface area contributed by atoms with Gasteiger partial charge in [0.15, 0.2) is 5.82 Å². The molecule has 13 heteroatoms. The van der Waals surface area contributed by atoms with Crippen molar-refractivity contribution in [3.8, 4) is 17.3 Å². The summed E-state index contributed by atoms with van der Waals surface area (Å²) in [6, 6.07) is 9.73. The third-order valence-corrected chi connectivity index (χ3v) is 8.19. The number of aromatic nitrogens is 2. The standard InChI is InChI=1S/C36H52N6O7/c1-9-47-33(46)42-19-17-41(18-20-42)32(45)26(15-16-29(43)49-34(2,3)4)38-31(44)27-21-28(39-30(37-27)24-13-11-10-12-14-24)48-25-22-35(5,6)40-36(7,8)23-25/h10-14,21,25-26,40H,9,15-20,22-23H2,1-8H3,(H,38,44). The second-order valence-electron chi connectivity index (χ2n) is 15.0. The monoisotopic (exact) mass is 680 g/mol. The average Bonchev–Trinajstić information content (AvgIpc) is 3.00. The van der Waals surface area contributed by atoms with Gasteiger partial charge in [0.05, 0.1) is 6.61 Å². The van der Waals surface area contributed by atoms with Crippen molar-refractivity contribution in [2.24, 2.45) is 0 Å². The van der Waals surface area contributed by atoms with Crippen molar-refractivity contribution in [3.63, 3.8) is 0 Å². The van der Waals surface area contributed by atoms with E-state index < -0.39 is 29.6 Å². The third kappa shape index (κ3) is 11.1. The molecule has 268 valence electrons. The number of nitrogens with one attached hydrogen (secondary N) is 2. The van der Waals surface area contributed by atoms with Gasteiger partial charge in [0.2, 0.25) is 11.8 Å². The number of esters is 1. The van der Waals surface area contributed by atoms with Gasteiger partial charge in [0.25, 0.3) is 5.91 Å². The molecule has 3 amide bonds. The predicted octanol–water partition coefficient (Wildman–Crippen LogP) is 4.35. The number of hydrogen-bond donors (Lipinski definition) is 2. The van der Waals surface area contributed by atoms with E-state index in [2.05, 4.69) is 48.3 Å². The molecule has 0 saturated carbocycles. The van der Waals surface area contributed by atoms with Gasteiger partial charge in [0.1, 0.15) is 23.4 Å². The highest BCUT2D eigenvalue weighted by atomic mass is 16.6. The fourth-order valence-corrected chi connectivity index (χ4v) is 6.49. The van der Waals surface area contributed by atoms with Crippen molar-refractivity contribution < 1.29 is 33.4 Å². The van der Waals surface area contributed by atoms with E-state index in [1.54, 1.807) is 37.5 Å². The number of piperidine rings is 1. The molecule has 1 atom stereocenters. The molecule has 1 aromatic carbocycles. The predicted molar refractivity (Wildman–Crippen MR) is 184 cm³/mol. The lowest BCUT2D eigenvalue weighted by Crippen LogP contribution is -2.60. The SMILES string of the molecule is CCOC(=O)N1CCN(C(=O)C(CCC(=O)OC(C)(C)C)NC(=O)c2cc(OC3CC(C)(C)NC(C)(C)C3)nc(-c3ccccc3)n2)CC1. The molecule has 0 aliphatic carbocycles. The van der Waals surface area contributed by atoms with E-state index in [4.69, 9.17) is 14.2 Å². The summed E-state index contributed by atoms with van der Waals surface area (Å²) in [5, 5.41) is 6.49. The largest absolute Gasteiger partial charge is 0.474 e. The molecule has 0 radical (unpaired) electrons. The van der Waals surface area contributed by atoms with Crippen molar-refractivity contribution in [2.45, 2.75) is 110 Å². The first-order chi connectivity index (χ1) is 22.9. The Labute approximate surface area is 289 Å². The summed E-state index contributed by atoms with van der Waals surface area (Å²) in [6.07, 6.45) is 0.775. The maximum absolute atomic E-state index is 13.9. The van der Waals surface area contributed by atoms with E-state index in [9.17, 15) is 19.2 Å². The molecule has 2 aliphatic rings. The Morgan fingerprint density at radius 2 is 1.57 bits per heavy atom. The third-order valence-electron chi connectivity index (χ3n) is 8.19. The molecule has 2 saturated heterocycles. The number of ether oxygens (including phenoxy) is 3. The maximum atomic E-state index is 13.9. The molecule has 0 bridgehead atoms. The van der Waals surface area contributed by atoms with Crippen LogP contribution >= 0.6 is 0 Å². The van der Waals surface area contributed by atoms with Gasteiger partial charge in [-0.3, -0.25) is 14.4 Å². The van der Waals surface area contributed by atoms with E-state index >= 15 is 0 Å². The lowest BCUT2D eigenvalue weighted by molar-refractivity contribution is -0.155. The fraction of sp³-hybridized carbons (Fsp3) is 0.611. The first-order valence-corrected chi connectivity index (χ1v) is 17.1. The zero-order chi connectivity index (χ0) is 36.0. The van der Waals surface area contributed by atoms with Crippen LogP contribution in [-0.4, -0.2) is 105 Å². The summed E-state index contributed by atoms with van der Waals surface area (Å²) in [5.74, 6) is -0.897. The number of piperazine rings is 1. The summed E-state index contributed by atoms with van der Waals surface area (Å²) >= 11 is 0. The Balaban J connectivity index is 1.59. The van der Waals surface area contributed by atoms with Gasteiger partial charge in [-0.1, -0.05) is 30.3 Å². The Kier molecular flexibility index (Phi) is 11.9. The zero-order valence-electron chi connectivity index (χ0n) is 30.1. The van der Waals surface area contributed by atoms with Gasteiger partial charge in [-0.15, -0.1) is 0 Å². The van der Waals surface area contributed by atoms with Crippen LogP contribution in [0.3, 0.4) is 0 Å². The number of benzene rings is 1. The van der Waals surface area contributed by atoms with Crippen molar-refractivity contribution in [2.75, 3.05) is 32.8 Å². The minimum absolute atomic E-state index is 0.0107. The molecule has 2 aromatic rings. The highest BCUT2D eigenvalue weighted by molar-refractivity contribution is 5.97. The van der Waals surface area contributed by atoms with Crippen LogP contribution in [0, 0.1) is 0 Å². The highest BCUT2D eigenvalue weighted by Gasteiger charge is 2.39. The number of amides is 3. The molecule has 4 rings (SSSR count). The van der Waals surface area contributed by atoms with Crippen LogP contribution in [0.4, 0.5) is 4.79 Å². The number of hydrogen-bond acceptors (Lipinski definition) is 10. The molecule has 13 nitrogen and oxygen atoms in total. The Bertz CT molecular complexity index is 1470. The van der Waals surface area contributed by atoms with Gasteiger partial charge in [-0.25, -0.2) is 9.78 Å². The molecule has 3 heterocycles. The molecule has 0 spiro atoms. The molecular weight excluding hydrogens is 628 g/mol. The number of carbonyl (C=O) groups excluding carboxylic acids is 4. The molecule has 2 fully saturated rings. The smallest absolute Gasteiger partial charge is 0.409 e. The minimum Gasteiger partial charge on any atom is -0.474 e. The van der Waals surface area contributed by atoms with Crippen molar-refractivity contribution >= 4 is 23.9 Å². The summed E-state index contributed by atoms with van der Waals surface area (Å²) in [7, 11) is 0. The van der Waals surface area contributed by atoms with Crippen LogP contribution in [0.15, 0.2) is 36.4 Å². The van der Waals surface area contributed by atoms with Crippen LogP contribution in [0.2, 0.25) is 0 Å². The van der Waals surface area contributed by atoms with Gasteiger partial charge in [-0.2, -0.15) is 4.98 Å². The first kappa shape index (κ1) is 37.6. The topological polar surface area (TPSA) is 152 Å². The van der Waals surface area contributed by atoms with Gasteiger partial charge < -0.3 is 34.6 Å². The van der Waals surface area contributed by atoms with E-state index in [0.717, 1.165) is 12.8 Å². The van der Waals surface area contributed by atoms with Gasteiger partial charge in [-0.05, 0) is 61.8 Å². The molecule has 2 N–H and O–H groups in total. The second-order valence-corrected chi connectivity index (χ2v) is 15.0. The fourth-order valence-electron chi connectivity index (χ4n) is 6.49. The summed E-state index contributed by atoms with van der Waals surface area (Å²) in [6.45, 7) is 16.9. The van der Waals surface area contributed by atoms with E-state index in [1.165, 1.54) is 6.07 Å². The molecule has 2 aliphatic heterocycles. The average molecular weight is 681 g/mol. The van der Waals surface area contributed by atoms with Crippen LogP contribution in [0.5, 0.6) is 5.88 Å². The summed E-state index contributed by atoms with van der Waals surface area (Å²) in [5.41, 5.74) is -0.326. The van der Waals surface area contributed by atoms with Gasteiger partial charge >= 0.3 is 12.1 Å². The molecule has 1 aromatic heterocycles.